The van der Waals surface area contributed by atoms with E-state index in [4.69, 9.17) is 9.47 Å². The Morgan fingerprint density at radius 2 is 2.20 bits per heavy atom. The van der Waals surface area contributed by atoms with E-state index in [1.165, 1.54) is 5.57 Å². The first-order chi connectivity index (χ1) is 12.0. The van der Waals surface area contributed by atoms with E-state index in [2.05, 4.69) is 35.9 Å². The molecule has 4 atom stereocenters. The number of allylic oxidation sites excluding steroid dienone is 2. The second kappa shape index (κ2) is 6.40. The highest BCUT2D eigenvalue weighted by atomic mass is 79.9. The van der Waals surface area contributed by atoms with Gasteiger partial charge in [0.05, 0.1) is 5.60 Å². The predicted octanol–water partition coefficient (Wildman–Crippen LogP) is 5.05. The SMILES string of the molecule is CC1=CCCC2(C)OC2C2OC(=O)C(=Cc3cccc(Br)c3)C2CC1. The molecule has 0 amide bonds. The van der Waals surface area contributed by atoms with Crippen molar-refractivity contribution in [2.45, 2.75) is 57.3 Å². The number of ether oxygens (including phenoxy) is 2. The Hall–Kier alpha value is -1.39. The monoisotopic (exact) mass is 402 g/mol. The van der Waals surface area contributed by atoms with E-state index in [0.29, 0.717) is 0 Å². The lowest BCUT2D eigenvalue weighted by atomic mass is 9.83. The van der Waals surface area contributed by atoms with E-state index in [9.17, 15) is 4.79 Å². The van der Waals surface area contributed by atoms with Gasteiger partial charge in [-0.3, -0.25) is 0 Å². The minimum atomic E-state index is -0.186. The molecule has 4 unspecified atom stereocenters. The van der Waals surface area contributed by atoms with Crippen molar-refractivity contribution in [3.63, 3.8) is 0 Å². The van der Waals surface area contributed by atoms with Gasteiger partial charge >= 0.3 is 5.97 Å². The zero-order valence-corrected chi connectivity index (χ0v) is 16.2. The number of esters is 1. The molecular formula is C21H23BrO3. The van der Waals surface area contributed by atoms with Gasteiger partial charge in [0.2, 0.25) is 0 Å². The zero-order valence-electron chi connectivity index (χ0n) is 14.6. The van der Waals surface area contributed by atoms with E-state index >= 15 is 0 Å². The molecule has 2 saturated heterocycles. The minimum Gasteiger partial charge on any atom is -0.455 e. The third kappa shape index (κ3) is 3.34. The van der Waals surface area contributed by atoms with Crippen LogP contribution in [0.1, 0.15) is 45.1 Å². The number of rotatable bonds is 1. The van der Waals surface area contributed by atoms with Crippen LogP contribution in [0.5, 0.6) is 0 Å². The summed E-state index contributed by atoms with van der Waals surface area (Å²) in [5, 5.41) is 0. The van der Waals surface area contributed by atoms with Gasteiger partial charge in [0, 0.05) is 16.0 Å². The summed E-state index contributed by atoms with van der Waals surface area (Å²) < 4.78 is 12.8. The van der Waals surface area contributed by atoms with Gasteiger partial charge in [0.15, 0.2) is 0 Å². The zero-order chi connectivity index (χ0) is 17.6. The van der Waals surface area contributed by atoms with Gasteiger partial charge < -0.3 is 9.47 Å². The van der Waals surface area contributed by atoms with Crippen LogP contribution in [0.25, 0.3) is 6.08 Å². The maximum absolute atomic E-state index is 12.6. The molecule has 0 N–H and O–H groups in total. The average Bonchev–Trinajstić information content (AvgIpc) is 3.13. The van der Waals surface area contributed by atoms with Gasteiger partial charge in [-0.2, -0.15) is 0 Å². The van der Waals surface area contributed by atoms with Crippen molar-refractivity contribution in [2.75, 3.05) is 0 Å². The molecule has 1 aliphatic carbocycles. The molecule has 0 spiro atoms. The highest BCUT2D eigenvalue weighted by Crippen LogP contribution is 2.50. The first kappa shape index (κ1) is 17.0. The van der Waals surface area contributed by atoms with Gasteiger partial charge in [-0.25, -0.2) is 4.79 Å². The van der Waals surface area contributed by atoms with Crippen molar-refractivity contribution in [3.8, 4) is 0 Å². The molecule has 2 aliphatic heterocycles. The first-order valence-corrected chi connectivity index (χ1v) is 9.77. The van der Waals surface area contributed by atoms with E-state index in [1.54, 1.807) is 0 Å². The Balaban J connectivity index is 1.68. The molecule has 0 radical (unpaired) electrons. The van der Waals surface area contributed by atoms with E-state index < -0.39 is 0 Å². The molecule has 2 heterocycles. The summed E-state index contributed by atoms with van der Waals surface area (Å²) in [6.07, 6.45) is 8.13. The molecule has 132 valence electrons. The smallest absolute Gasteiger partial charge is 0.334 e. The predicted molar refractivity (Wildman–Crippen MR) is 101 cm³/mol. The number of hydrogen-bond donors (Lipinski definition) is 0. The molecule has 1 aromatic carbocycles. The minimum absolute atomic E-state index is 0.0293. The molecule has 0 aromatic heterocycles. The molecular weight excluding hydrogens is 380 g/mol. The van der Waals surface area contributed by atoms with Crippen LogP contribution >= 0.6 is 15.9 Å². The van der Waals surface area contributed by atoms with Gasteiger partial charge in [0.1, 0.15) is 12.2 Å². The van der Waals surface area contributed by atoms with Crippen molar-refractivity contribution < 1.29 is 14.3 Å². The topological polar surface area (TPSA) is 38.8 Å². The average molecular weight is 403 g/mol. The standard InChI is InChI=1S/C21H23BrO3/c1-13-5-4-10-21(2)19(25-21)18-16(9-8-13)17(20(23)24-18)12-14-6-3-7-15(22)11-14/h3,5-7,11-12,16,18-19H,4,8-10H2,1-2H3. The van der Waals surface area contributed by atoms with E-state index in [0.717, 1.165) is 41.3 Å². The Morgan fingerprint density at radius 3 is 3.00 bits per heavy atom. The maximum Gasteiger partial charge on any atom is 0.334 e. The van der Waals surface area contributed by atoms with Gasteiger partial charge in [-0.05, 0) is 63.3 Å². The third-order valence-electron chi connectivity index (χ3n) is 5.67. The van der Waals surface area contributed by atoms with Crippen molar-refractivity contribution in [1.29, 1.82) is 0 Å². The van der Waals surface area contributed by atoms with E-state index in [1.807, 2.05) is 30.3 Å². The third-order valence-corrected chi connectivity index (χ3v) is 6.16. The normalized spacial score (nSPS) is 36.3. The molecule has 4 heteroatoms. The van der Waals surface area contributed by atoms with Crippen molar-refractivity contribution >= 4 is 28.0 Å². The molecule has 3 aliphatic rings. The first-order valence-electron chi connectivity index (χ1n) is 8.98. The second-order valence-corrected chi connectivity index (χ2v) is 8.53. The van der Waals surface area contributed by atoms with E-state index in [-0.39, 0.29) is 29.7 Å². The summed E-state index contributed by atoms with van der Waals surface area (Å²) in [5.74, 6) is -0.0894. The van der Waals surface area contributed by atoms with Crippen LogP contribution < -0.4 is 0 Å². The molecule has 1 aromatic rings. The summed E-state index contributed by atoms with van der Waals surface area (Å²) in [6.45, 7) is 4.32. The van der Waals surface area contributed by atoms with Crippen LogP contribution in [-0.4, -0.2) is 23.8 Å². The summed E-state index contributed by atoms with van der Waals surface area (Å²) in [6, 6.07) is 8.01. The number of carbonyl (C=O) groups excluding carboxylic acids is 1. The molecule has 3 nitrogen and oxygen atoms in total. The molecule has 0 saturated carbocycles. The number of benzene rings is 1. The fraction of sp³-hybridized carbons (Fsp3) is 0.476. The van der Waals surface area contributed by atoms with Crippen molar-refractivity contribution in [3.05, 3.63) is 51.5 Å². The van der Waals surface area contributed by atoms with Crippen LogP contribution in [0.4, 0.5) is 0 Å². The highest BCUT2D eigenvalue weighted by molar-refractivity contribution is 9.10. The van der Waals surface area contributed by atoms with Crippen LogP contribution in [0.15, 0.2) is 46.0 Å². The number of fused-ring (bicyclic) bond motifs is 3. The quantitative estimate of drug-likeness (QED) is 0.285. The van der Waals surface area contributed by atoms with Gasteiger partial charge in [-0.15, -0.1) is 0 Å². The van der Waals surface area contributed by atoms with Crippen LogP contribution in [-0.2, 0) is 14.3 Å². The summed E-state index contributed by atoms with van der Waals surface area (Å²) in [7, 11) is 0. The maximum atomic E-state index is 12.6. The van der Waals surface area contributed by atoms with Crippen LogP contribution in [0.3, 0.4) is 0 Å². The Kier molecular flexibility index (Phi) is 4.37. The largest absolute Gasteiger partial charge is 0.455 e. The molecule has 25 heavy (non-hydrogen) atoms. The van der Waals surface area contributed by atoms with Crippen molar-refractivity contribution in [1.82, 2.24) is 0 Å². The number of halogens is 1. The lowest BCUT2D eigenvalue weighted by Crippen LogP contribution is -2.28. The van der Waals surface area contributed by atoms with Crippen molar-refractivity contribution in [2.24, 2.45) is 5.92 Å². The fourth-order valence-electron chi connectivity index (χ4n) is 4.10. The highest BCUT2D eigenvalue weighted by Gasteiger charge is 2.61. The number of epoxide rings is 1. The fourth-order valence-corrected chi connectivity index (χ4v) is 4.52. The summed E-state index contributed by atoms with van der Waals surface area (Å²) >= 11 is 3.50. The van der Waals surface area contributed by atoms with Gasteiger partial charge in [-0.1, -0.05) is 39.7 Å². The Bertz CT molecular complexity index is 766. The van der Waals surface area contributed by atoms with Gasteiger partial charge in [0.25, 0.3) is 0 Å². The Labute approximate surface area is 157 Å². The lowest BCUT2D eigenvalue weighted by molar-refractivity contribution is -0.139. The number of carbonyl (C=O) groups is 1. The Morgan fingerprint density at radius 1 is 1.36 bits per heavy atom. The summed E-state index contributed by atoms with van der Waals surface area (Å²) in [5.41, 5.74) is 3.05. The molecule has 0 bridgehead atoms. The summed E-state index contributed by atoms with van der Waals surface area (Å²) in [4.78, 5) is 12.6. The molecule has 4 rings (SSSR count). The second-order valence-electron chi connectivity index (χ2n) is 7.61. The van der Waals surface area contributed by atoms with Crippen LogP contribution in [0, 0.1) is 5.92 Å². The lowest BCUT2D eigenvalue weighted by Gasteiger charge is -2.19. The van der Waals surface area contributed by atoms with Crippen LogP contribution in [0.2, 0.25) is 0 Å². The molecule has 2 fully saturated rings. The number of hydrogen-bond acceptors (Lipinski definition) is 3.